The Kier molecular flexibility index (Phi) is 7.68. The van der Waals surface area contributed by atoms with Crippen molar-refractivity contribution in [2.24, 2.45) is 5.92 Å². The van der Waals surface area contributed by atoms with Gasteiger partial charge in [-0.15, -0.1) is 0 Å². The number of rotatable bonds is 7. The molecule has 2 aromatic rings. The number of nitrogens with one attached hydrogen (secondary N) is 1. The third-order valence-corrected chi connectivity index (χ3v) is 5.97. The Bertz CT molecular complexity index is 989. The van der Waals surface area contributed by atoms with Gasteiger partial charge in [0.2, 0.25) is 0 Å². The number of carbonyl (C=O) groups is 2. The maximum Gasteiger partial charge on any atom is 0.328 e. The summed E-state index contributed by atoms with van der Waals surface area (Å²) in [5.74, 6) is 1.37. The van der Waals surface area contributed by atoms with Crippen LogP contribution in [0.5, 0.6) is 17.2 Å². The average Bonchev–Trinajstić information content (AvgIpc) is 2.84. The molecule has 178 valence electrons. The molecule has 0 unspecified atom stereocenters. The molecule has 0 fully saturated rings. The quantitative estimate of drug-likeness (QED) is 0.641. The summed E-state index contributed by atoms with van der Waals surface area (Å²) in [6, 6.07) is 10.0. The molecule has 0 aromatic heterocycles. The lowest BCUT2D eigenvalue weighted by molar-refractivity contribution is -0.144. The molecule has 0 spiro atoms. The summed E-state index contributed by atoms with van der Waals surface area (Å²) >= 11 is 0. The van der Waals surface area contributed by atoms with Crippen LogP contribution >= 0.6 is 0 Å². The van der Waals surface area contributed by atoms with E-state index in [1.165, 1.54) is 7.11 Å². The molecule has 3 rings (SSSR count). The standard InChI is InChI=1S/C25H32N2O6/c1-15(2)22(24(28)33-6)26-25(29)27-12-11-17-13-20(31-4)21(32-5)14-19(17)23(27)16-7-9-18(30-3)10-8-16/h7-10,13-15,22-23H,11-12H2,1-6H3,(H,26,29)/t22-,23+/m0/s1. The van der Waals surface area contributed by atoms with Crippen LogP contribution in [-0.4, -0.2) is 57.9 Å². The molecule has 33 heavy (non-hydrogen) atoms. The van der Waals surface area contributed by atoms with Gasteiger partial charge in [-0.1, -0.05) is 26.0 Å². The van der Waals surface area contributed by atoms with E-state index in [4.69, 9.17) is 18.9 Å². The fraction of sp³-hybridized carbons (Fsp3) is 0.440. The second-order valence-corrected chi connectivity index (χ2v) is 8.22. The van der Waals surface area contributed by atoms with Crippen LogP contribution in [0.15, 0.2) is 36.4 Å². The van der Waals surface area contributed by atoms with Gasteiger partial charge in [-0.25, -0.2) is 9.59 Å². The second kappa shape index (κ2) is 10.5. The van der Waals surface area contributed by atoms with Crippen LogP contribution < -0.4 is 19.5 Å². The lowest BCUT2D eigenvalue weighted by atomic mass is 9.87. The summed E-state index contributed by atoms with van der Waals surface area (Å²) in [4.78, 5) is 27.4. The Hall–Kier alpha value is -3.42. The van der Waals surface area contributed by atoms with E-state index in [2.05, 4.69) is 5.32 Å². The lowest BCUT2D eigenvalue weighted by Crippen LogP contribution is -2.53. The van der Waals surface area contributed by atoms with E-state index in [0.29, 0.717) is 24.5 Å². The zero-order chi connectivity index (χ0) is 24.1. The number of nitrogens with zero attached hydrogens (tertiary/aromatic N) is 1. The third kappa shape index (κ3) is 4.99. The minimum absolute atomic E-state index is 0.123. The van der Waals surface area contributed by atoms with E-state index in [-0.39, 0.29) is 18.0 Å². The zero-order valence-electron chi connectivity index (χ0n) is 20.0. The molecule has 1 heterocycles. The molecule has 0 bridgehead atoms. The predicted octanol–water partition coefficient (Wildman–Crippen LogP) is 3.57. The van der Waals surface area contributed by atoms with Gasteiger partial charge in [-0.2, -0.15) is 0 Å². The van der Waals surface area contributed by atoms with Gasteiger partial charge in [-0.05, 0) is 53.3 Å². The number of carbonyl (C=O) groups excluding carboxylic acids is 2. The van der Waals surface area contributed by atoms with E-state index in [9.17, 15) is 9.59 Å². The smallest absolute Gasteiger partial charge is 0.328 e. The van der Waals surface area contributed by atoms with E-state index in [0.717, 1.165) is 22.4 Å². The number of amides is 2. The van der Waals surface area contributed by atoms with Crippen molar-refractivity contribution in [2.45, 2.75) is 32.4 Å². The Morgan fingerprint density at radius 2 is 1.61 bits per heavy atom. The number of benzene rings is 2. The summed E-state index contributed by atoms with van der Waals surface area (Å²) < 4.78 is 21.2. The number of fused-ring (bicyclic) bond motifs is 1. The highest BCUT2D eigenvalue weighted by Crippen LogP contribution is 2.41. The van der Waals surface area contributed by atoms with Crippen LogP contribution in [-0.2, 0) is 16.0 Å². The monoisotopic (exact) mass is 456 g/mol. The first-order valence-electron chi connectivity index (χ1n) is 10.9. The van der Waals surface area contributed by atoms with Crippen molar-refractivity contribution in [3.8, 4) is 17.2 Å². The number of hydrogen-bond acceptors (Lipinski definition) is 6. The van der Waals surface area contributed by atoms with Gasteiger partial charge in [0, 0.05) is 6.54 Å². The molecule has 1 aliphatic rings. The summed E-state index contributed by atoms with van der Waals surface area (Å²) in [5, 5.41) is 2.87. The highest BCUT2D eigenvalue weighted by atomic mass is 16.5. The van der Waals surface area contributed by atoms with Gasteiger partial charge >= 0.3 is 12.0 Å². The Labute approximate surface area is 194 Å². The van der Waals surface area contributed by atoms with Crippen molar-refractivity contribution in [3.05, 3.63) is 53.1 Å². The van der Waals surface area contributed by atoms with Crippen LogP contribution in [0.3, 0.4) is 0 Å². The van der Waals surface area contributed by atoms with Crippen molar-refractivity contribution >= 4 is 12.0 Å². The first-order valence-corrected chi connectivity index (χ1v) is 10.9. The highest BCUT2D eigenvalue weighted by Gasteiger charge is 2.35. The number of urea groups is 1. The fourth-order valence-corrected chi connectivity index (χ4v) is 4.15. The molecule has 0 radical (unpaired) electrons. The minimum atomic E-state index is -0.745. The normalized spacial score (nSPS) is 16.0. The molecular weight excluding hydrogens is 424 g/mol. The topological polar surface area (TPSA) is 86.3 Å². The molecule has 2 atom stereocenters. The Balaban J connectivity index is 2.06. The van der Waals surface area contributed by atoms with Crippen LogP contribution in [0, 0.1) is 5.92 Å². The lowest BCUT2D eigenvalue weighted by Gasteiger charge is -2.39. The Morgan fingerprint density at radius 1 is 0.970 bits per heavy atom. The number of methoxy groups -OCH3 is 4. The van der Waals surface area contributed by atoms with Gasteiger partial charge in [0.1, 0.15) is 11.8 Å². The highest BCUT2D eigenvalue weighted by molar-refractivity contribution is 5.84. The molecule has 2 aromatic carbocycles. The van der Waals surface area contributed by atoms with Crippen molar-refractivity contribution in [3.63, 3.8) is 0 Å². The first-order chi connectivity index (χ1) is 15.8. The second-order valence-electron chi connectivity index (χ2n) is 8.22. The average molecular weight is 457 g/mol. The minimum Gasteiger partial charge on any atom is -0.497 e. The van der Waals surface area contributed by atoms with Crippen LogP contribution in [0.2, 0.25) is 0 Å². The maximum absolute atomic E-state index is 13.5. The fourth-order valence-electron chi connectivity index (χ4n) is 4.15. The molecule has 0 saturated carbocycles. The van der Waals surface area contributed by atoms with Gasteiger partial charge in [0.05, 0.1) is 34.5 Å². The van der Waals surface area contributed by atoms with Crippen molar-refractivity contribution in [2.75, 3.05) is 35.0 Å². The number of ether oxygens (including phenoxy) is 4. The van der Waals surface area contributed by atoms with Crippen molar-refractivity contribution < 1.29 is 28.5 Å². The molecule has 0 saturated heterocycles. The van der Waals surface area contributed by atoms with Crippen LogP contribution in [0.4, 0.5) is 4.79 Å². The van der Waals surface area contributed by atoms with E-state index >= 15 is 0 Å². The van der Waals surface area contributed by atoms with Crippen molar-refractivity contribution in [1.82, 2.24) is 10.2 Å². The van der Waals surface area contributed by atoms with E-state index in [1.54, 1.807) is 26.2 Å². The molecule has 1 N–H and O–H groups in total. The van der Waals surface area contributed by atoms with Crippen molar-refractivity contribution in [1.29, 1.82) is 0 Å². The van der Waals surface area contributed by atoms with Gasteiger partial charge in [0.25, 0.3) is 0 Å². The Morgan fingerprint density at radius 3 is 2.15 bits per heavy atom. The third-order valence-electron chi connectivity index (χ3n) is 5.97. The summed E-state index contributed by atoms with van der Waals surface area (Å²) in [7, 11) is 6.12. The molecule has 2 amide bonds. The summed E-state index contributed by atoms with van der Waals surface area (Å²) in [6.45, 7) is 4.20. The summed E-state index contributed by atoms with van der Waals surface area (Å²) in [5.41, 5.74) is 2.93. The molecule has 8 nitrogen and oxygen atoms in total. The van der Waals surface area contributed by atoms with E-state index < -0.39 is 12.0 Å². The van der Waals surface area contributed by atoms with Gasteiger partial charge < -0.3 is 29.2 Å². The molecule has 0 aliphatic carbocycles. The van der Waals surface area contributed by atoms with Crippen LogP contribution in [0.25, 0.3) is 0 Å². The maximum atomic E-state index is 13.5. The SMILES string of the molecule is COC(=O)[C@@H](NC(=O)N1CCc2cc(OC)c(OC)cc2[C@H]1c1ccc(OC)cc1)C(C)C. The van der Waals surface area contributed by atoms with E-state index in [1.807, 2.05) is 50.2 Å². The number of esters is 1. The zero-order valence-corrected chi connectivity index (χ0v) is 20.0. The molecule has 1 aliphatic heterocycles. The van der Waals surface area contributed by atoms with Crippen LogP contribution in [0.1, 0.15) is 36.6 Å². The molecular formula is C25H32N2O6. The van der Waals surface area contributed by atoms with Gasteiger partial charge in [0.15, 0.2) is 11.5 Å². The number of hydrogen-bond donors (Lipinski definition) is 1. The molecule has 8 heteroatoms. The summed E-state index contributed by atoms with van der Waals surface area (Å²) in [6.07, 6.45) is 0.639. The van der Waals surface area contributed by atoms with Gasteiger partial charge in [-0.3, -0.25) is 0 Å². The first kappa shape index (κ1) is 24.2. The largest absolute Gasteiger partial charge is 0.497 e. The predicted molar refractivity (Wildman–Crippen MR) is 124 cm³/mol.